The van der Waals surface area contributed by atoms with Crippen LogP contribution in [0.5, 0.6) is 0 Å². The molecule has 5 nitrogen and oxygen atoms in total. The molecule has 0 aliphatic rings. The smallest absolute Gasteiger partial charge is 0.350 e. The number of fused-ring (bicyclic) bond motifs is 1. The summed E-state index contributed by atoms with van der Waals surface area (Å²) >= 11 is 4.54. The highest BCUT2D eigenvalue weighted by Crippen LogP contribution is 2.31. The van der Waals surface area contributed by atoms with Crippen molar-refractivity contribution in [3.63, 3.8) is 0 Å². The number of para-hydroxylation sites is 1. The maximum absolute atomic E-state index is 12.1. The molecule has 0 bridgehead atoms. The lowest BCUT2D eigenvalue weighted by Gasteiger charge is -1.99. The summed E-state index contributed by atoms with van der Waals surface area (Å²) in [6.07, 6.45) is 0. The maximum Gasteiger partial charge on any atom is 0.350 e. The van der Waals surface area contributed by atoms with Crippen molar-refractivity contribution >= 4 is 38.7 Å². The summed E-state index contributed by atoms with van der Waals surface area (Å²) in [6.45, 7) is 0. The molecule has 2 aromatic heterocycles. The van der Waals surface area contributed by atoms with Gasteiger partial charge in [-0.1, -0.05) is 30.3 Å². The molecule has 0 spiro atoms. The Bertz CT molecular complexity index is 1090. The zero-order valence-corrected chi connectivity index (χ0v) is 14.5. The van der Waals surface area contributed by atoms with Crippen molar-refractivity contribution < 1.29 is 8.83 Å². The molecule has 0 atom stereocenters. The van der Waals surface area contributed by atoms with Gasteiger partial charge >= 0.3 is 5.63 Å². The van der Waals surface area contributed by atoms with E-state index < -0.39 is 5.63 Å². The van der Waals surface area contributed by atoms with Crippen molar-refractivity contribution in [1.29, 1.82) is 0 Å². The first-order valence-electron chi connectivity index (χ1n) is 7.00. The minimum atomic E-state index is -0.431. The van der Waals surface area contributed by atoms with Gasteiger partial charge in [0, 0.05) is 9.86 Å². The summed E-state index contributed by atoms with van der Waals surface area (Å²) in [6, 6.07) is 16.6. The minimum absolute atomic E-state index is 0.281. The van der Waals surface area contributed by atoms with Crippen LogP contribution in [0.3, 0.4) is 0 Å². The second kappa shape index (κ2) is 6.26. The predicted octanol–water partition coefficient (Wildman–Crippen LogP) is 4.76. The van der Waals surface area contributed by atoms with Gasteiger partial charge in [-0.05, 0) is 52.0 Å². The topological polar surface area (TPSA) is 69.1 Å². The molecule has 0 aliphatic heterocycles. The number of halogens is 1. The van der Waals surface area contributed by atoms with E-state index in [0.29, 0.717) is 16.4 Å². The molecular formula is C17H9BrN2O3S. The second-order valence-corrected chi connectivity index (χ2v) is 6.74. The summed E-state index contributed by atoms with van der Waals surface area (Å²) in [5.41, 5.74) is 0.910. The molecule has 4 aromatic rings. The highest BCUT2D eigenvalue weighted by Gasteiger charge is 2.14. The Balaban J connectivity index is 1.68. The highest BCUT2D eigenvalue weighted by atomic mass is 79.9. The Hall–Kier alpha value is -2.38. The number of rotatable bonds is 3. The maximum atomic E-state index is 12.1. The number of hydrogen-bond donors (Lipinski definition) is 0. The summed E-state index contributed by atoms with van der Waals surface area (Å²) in [5.74, 6) is 0.384. The van der Waals surface area contributed by atoms with Crippen molar-refractivity contribution in [2.24, 2.45) is 0 Å². The fraction of sp³-hybridized carbons (Fsp3) is 0. The second-order valence-electron chi connectivity index (χ2n) is 4.89. The molecule has 0 unspecified atom stereocenters. The van der Waals surface area contributed by atoms with E-state index in [2.05, 4.69) is 26.1 Å². The Morgan fingerprint density at radius 1 is 0.958 bits per heavy atom. The van der Waals surface area contributed by atoms with Crippen LogP contribution in [0.2, 0.25) is 0 Å². The van der Waals surface area contributed by atoms with Gasteiger partial charge in [-0.15, -0.1) is 10.2 Å². The van der Waals surface area contributed by atoms with Gasteiger partial charge < -0.3 is 8.83 Å². The predicted molar refractivity (Wildman–Crippen MR) is 94.0 cm³/mol. The fourth-order valence-electron chi connectivity index (χ4n) is 2.20. The first-order valence-corrected chi connectivity index (χ1v) is 8.61. The van der Waals surface area contributed by atoms with E-state index in [1.54, 1.807) is 12.1 Å². The van der Waals surface area contributed by atoms with Crippen molar-refractivity contribution in [2.75, 3.05) is 0 Å². The number of hydrogen-bond acceptors (Lipinski definition) is 6. The zero-order valence-electron chi connectivity index (χ0n) is 12.1. The van der Waals surface area contributed by atoms with Gasteiger partial charge in [0.05, 0.1) is 5.56 Å². The van der Waals surface area contributed by atoms with Crippen LogP contribution < -0.4 is 5.63 Å². The van der Waals surface area contributed by atoms with E-state index in [1.807, 2.05) is 42.5 Å². The van der Waals surface area contributed by atoms with Crippen molar-refractivity contribution in [1.82, 2.24) is 10.2 Å². The molecule has 0 saturated carbocycles. The zero-order chi connectivity index (χ0) is 16.5. The van der Waals surface area contributed by atoms with Crippen LogP contribution in [0, 0.1) is 0 Å². The summed E-state index contributed by atoms with van der Waals surface area (Å²) in [7, 11) is 0. The van der Waals surface area contributed by atoms with Crippen LogP contribution >= 0.6 is 27.7 Å². The van der Waals surface area contributed by atoms with Crippen LogP contribution in [-0.4, -0.2) is 10.2 Å². The molecule has 2 aromatic carbocycles. The van der Waals surface area contributed by atoms with E-state index in [9.17, 15) is 4.79 Å². The van der Waals surface area contributed by atoms with Crippen LogP contribution in [0.15, 0.2) is 82.8 Å². The molecule has 0 radical (unpaired) electrons. The summed E-state index contributed by atoms with van der Waals surface area (Å²) < 4.78 is 11.8. The van der Waals surface area contributed by atoms with Crippen molar-refractivity contribution in [3.05, 3.63) is 69.5 Å². The van der Waals surface area contributed by atoms with E-state index in [4.69, 9.17) is 8.83 Å². The molecule has 4 rings (SSSR count). The van der Waals surface area contributed by atoms with Crippen LogP contribution in [0.25, 0.3) is 22.4 Å². The molecule has 2 heterocycles. The highest BCUT2D eigenvalue weighted by molar-refractivity contribution is 9.10. The lowest BCUT2D eigenvalue weighted by molar-refractivity contribution is 0.464. The quantitative estimate of drug-likeness (QED) is 0.461. The Morgan fingerprint density at radius 2 is 1.75 bits per heavy atom. The first-order chi connectivity index (χ1) is 11.7. The molecule has 0 aliphatic carbocycles. The van der Waals surface area contributed by atoms with Gasteiger partial charge in [-0.3, -0.25) is 0 Å². The van der Waals surface area contributed by atoms with E-state index >= 15 is 0 Å². The average Bonchev–Trinajstić information content (AvgIpc) is 3.04. The van der Waals surface area contributed by atoms with Gasteiger partial charge in [0.2, 0.25) is 5.89 Å². The number of aromatic nitrogens is 2. The molecule has 0 N–H and O–H groups in total. The lowest BCUT2D eigenvalue weighted by atomic mass is 10.2. The normalized spacial score (nSPS) is 11.0. The first kappa shape index (κ1) is 15.2. The SMILES string of the molecule is O=c1oc2ccccc2cc1Sc1nnc(-c2ccccc2Br)o1. The van der Waals surface area contributed by atoms with E-state index in [-0.39, 0.29) is 5.22 Å². The van der Waals surface area contributed by atoms with Crippen LogP contribution in [0.1, 0.15) is 0 Å². The molecule has 24 heavy (non-hydrogen) atoms. The molecular weight excluding hydrogens is 392 g/mol. The van der Waals surface area contributed by atoms with Crippen LogP contribution in [0.4, 0.5) is 0 Å². The largest absolute Gasteiger partial charge is 0.422 e. The molecule has 0 saturated heterocycles. The third-order valence-corrected chi connectivity index (χ3v) is 4.85. The molecule has 0 amide bonds. The van der Waals surface area contributed by atoms with Gasteiger partial charge in [-0.25, -0.2) is 4.79 Å². The number of benzene rings is 2. The standard InChI is InChI=1S/C17H9BrN2O3S/c18-12-7-3-2-6-11(12)15-19-20-17(23-15)24-14-9-10-5-1-4-8-13(10)22-16(14)21/h1-9H. The van der Waals surface area contributed by atoms with Crippen molar-refractivity contribution in [2.45, 2.75) is 10.1 Å². The molecule has 118 valence electrons. The van der Waals surface area contributed by atoms with E-state index in [0.717, 1.165) is 27.2 Å². The van der Waals surface area contributed by atoms with Crippen LogP contribution in [-0.2, 0) is 0 Å². The third-order valence-electron chi connectivity index (χ3n) is 3.32. The van der Waals surface area contributed by atoms with Gasteiger partial charge in [0.1, 0.15) is 10.5 Å². The van der Waals surface area contributed by atoms with Crippen molar-refractivity contribution in [3.8, 4) is 11.5 Å². The minimum Gasteiger partial charge on any atom is -0.422 e. The Labute approximate surface area is 148 Å². The Morgan fingerprint density at radius 3 is 2.62 bits per heavy atom. The monoisotopic (exact) mass is 400 g/mol. The van der Waals surface area contributed by atoms with Gasteiger partial charge in [0.25, 0.3) is 5.22 Å². The lowest BCUT2D eigenvalue weighted by Crippen LogP contribution is -2.01. The fourth-order valence-corrected chi connectivity index (χ4v) is 3.36. The Kier molecular flexibility index (Phi) is 3.95. The average molecular weight is 401 g/mol. The summed E-state index contributed by atoms with van der Waals surface area (Å²) in [4.78, 5) is 12.5. The third kappa shape index (κ3) is 2.88. The summed E-state index contributed by atoms with van der Waals surface area (Å²) in [5, 5.41) is 9.15. The number of nitrogens with zero attached hydrogens (tertiary/aromatic N) is 2. The molecule has 7 heteroatoms. The van der Waals surface area contributed by atoms with Gasteiger partial charge in [-0.2, -0.15) is 0 Å². The molecule has 0 fully saturated rings. The van der Waals surface area contributed by atoms with E-state index in [1.165, 1.54) is 0 Å². The van der Waals surface area contributed by atoms with Gasteiger partial charge in [0.15, 0.2) is 0 Å².